The maximum Gasteiger partial charge on any atom is 0.255 e. The van der Waals surface area contributed by atoms with Gasteiger partial charge in [-0.25, -0.2) is 4.39 Å². The number of halogens is 3. The molecule has 12 rings (SSSR count). The van der Waals surface area contributed by atoms with E-state index in [9.17, 15) is 19.2 Å². The Bertz CT molecular complexity index is 2620. The van der Waals surface area contributed by atoms with E-state index < -0.39 is 46.2 Å². The standard InChI is InChI=1S/C52H55Cl2FN6O5/c1-59-44(42(35-9-6-10-38(54)43(35)55)52(51(59)19-3-2-4-20-51)37-14-13-33(53)29-39(37)56-48(52)66)46(64)58-49-21-24-50(25-22-49,26-23-49)60-27-17-31(18-28-60)11-12-32-7-5-8-34-36(32)30-61(47(34)65)40-15-16-41(62)57-45(40)63/h5-10,13-14,29,31,40,42,44H,2-4,15-28,30H2,1H3,(H,56,66)(H,58,64)(H,57,62,63)/t40?,42-,44+,49?,50?,52+/m0/s1. The van der Waals surface area contributed by atoms with Crippen molar-refractivity contribution in [1.29, 1.82) is 0 Å². The second-order valence-corrected chi connectivity index (χ2v) is 21.3. The Balaban J connectivity index is 0.797. The van der Waals surface area contributed by atoms with E-state index in [0.29, 0.717) is 42.1 Å². The molecule has 2 bridgehead atoms. The van der Waals surface area contributed by atoms with E-state index in [1.165, 1.54) is 6.07 Å². The highest BCUT2D eigenvalue weighted by atomic mass is 35.5. The van der Waals surface area contributed by atoms with E-state index in [2.05, 4.69) is 37.6 Å². The number of benzene rings is 3. The van der Waals surface area contributed by atoms with Gasteiger partial charge in [0, 0.05) is 63.3 Å². The summed E-state index contributed by atoms with van der Waals surface area (Å²) in [5.41, 5.74) is 1.53. The van der Waals surface area contributed by atoms with Crippen LogP contribution in [0.25, 0.3) is 0 Å². The van der Waals surface area contributed by atoms with Gasteiger partial charge in [0.1, 0.15) is 17.3 Å². The summed E-state index contributed by atoms with van der Waals surface area (Å²) in [6.45, 7) is 2.17. The van der Waals surface area contributed by atoms with Gasteiger partial charge in [-0.3, -0.25) is 39.1 Å². The number of hydrogen-bond donors (Lipinski definition) is 3. The van der Waals surface area contributed by atoms with Crippen LogP contribution in [0.5, 0.6) is 0 Å². The molecule has 2 spiro atoms. The molecule has 4 aliphatic carbocycles. The van der Waals surface area contributed by atoms with E-state index in [1.54, 1.807) is 35.2 Å². The molecule has 4 atom stereocenters. The molecular weight excluding hydrogens is 879 g/mol. The van der Waals surface area contributed by atoms with E-state index in [0.717, 1.165) is 100 Å². The van der Waals surface area contributed by atoms with Gasteiger partial charge in [0.15, 0.2) is 0 Å². The summed E-state index contributed by atoms with van der Waals surface area (Å²) >= 11 is 13.0. The molecule has 9 aliphatic rings. The molecule has 66 heavy (non-hydrogen) atoms. The summed E-state index contributed by atoms with van der Waals surface area (Å²) in [7, 11) is 1.98. The molecule has 344 valence electrons. The number of carbonyl (C=O) groups excluding carboxylic acids is 5. The van der Waals surface area contributed by atoms with Crippen molar-refractivity contribution < 1.29 is 28.4 Å². The van der Waals surface area contributed by atoms with Gasteiger partial charge in [-0.05, 0) is 138 Å². The molecule has 7 fully saturated rings. The van der Waals surface area contributed by atoms with Crippen LogP contribution in [0.2, 0.25) is 10.0 Å². The minimum atomic E-state index is -1.27. The van der Waals surface area contributed by atoms with Crippen molar-refractivity contribution in [2.45, 2.75) is 143 Å². The lowest BCUT2D eigenvalue weighted by molar-refractivity contribution is -0.137. The second-order valence-electron chi connectivity index (χ2n) is 20.5. The van der Waals surface area contributed by atoms with Gasteiger partial charge in [-0.2, -0.15) is 0 Å². The third-order valence-electron chi connectivity index (χ3n) is 17.6. The molecule has 3 N–H and O–H groups in total. The first kappa shape index (κ1) is 43.8. The SMILES string of the molecule is CN1[C@@H](C(=O)NC23CCC(N4CCC(C#Cc5cccc6c5CN(C5CCC(=O)NC5=O)C6=O)CC4)(CC2)CC3)[C@H](c2cccc(Cl)c2F)[C@]2(C(=O)Nc3cc(Cl)ccc32)C12CCCCC2. The van der Waals surface area contributed by atoms with Gasteiger partial charge in [0.25, 0.3) is 5.91 Å². The van der Waals surface area contributed by atoms with Crippen molar-refractivity contribution in [2.75, 3.05) is 25.5 Å². The average Bonchev–Trinajstić information content (AvgIpc) is 3.88. The molecule has 5 amide bonds. The molecule has 1 unspecified atom stereocenters. The molecule has 3 saturated heterocycles. The number of hydrogen-bond acceptors (Lipinski definition) is 7. The molecule has 11 nitrogen and oxygen atoms in total. The maximum absolute atomic E-state index is 16.6. The van der Waals surface area contributed by atoms with Crippen LogP contribution in [-0.4, -0.2) is 93.1 Å². The fraction of sp³-hybridized carbons (Fsp3) is 0.519. The van der Waals surface area contributed by atoms with Crippen molar-refractivity contribution in [3.8, 4) is 11.8 Å². The fourth-order valence-electron chi connectivity index (χ4n) is 14.3. The zero-order valence-corrected chi connectivity index (χ0v) is 38.8. The Hall–Kier alpha value is -4.80. The Morgan fingerprint density at radius 3 is 2.32 bits per heavy atom. The summed E-state index contributed by atoms with van der Waals surface area (Å²) < 4.78 is 16.6. The summed E-state index contributed by atoms with van der Waals surface area (Å²) in [5, 5.41) is 9.61. The van der Waals surface area contributed by atoms with Crippen LogP contribution in [0.4, 0.5) is 10.1 Å². The normalized spacial score (nSPS) is 31.7. The number of imide groups is 1. The summed E-state index contributed by atoms with van der Waals surface area (Å²) in [5.74, 6) is 4.41. The van der Waals surface area contributed by atoms with E-state index >= 15 is 9.18 Å². The lowest BCUT2D eigenvalue weighted by atomic mass is 9.55. The monoisotopic (exact) mass is 932 g/mol. The van der Waals surface area contributed by atoms with Gasteiger partial charge < -0.3 is 15.5 Å². The van der Waals surface area contributed by atoms with E-state index in [1.807, 2.05) is 25.2 Å². The number of likely N-dealkylation sites (N-methyl/N-ethyl adjacent to an activating group) is 1. The predicted octanol–water partition coefficient (Wildman–Crippen LogP) is 7.61. The molecule has 4 saturated carbocycles. The Morgan fingerprint density at radius 1 is 0.864 bits per heavy atom. The van der Waals surface area contributed by atoms with Crippen LogP contribution in [0, 0.1) is 23.6 Å². The largest absolute Gasteiger partial charge is 0.349 e. The van der Waals surface area contributed by atoms with Gasteiger partial charge in [-0.1, -0.05) is 78.6 Å². The Labute approximate surface area is 394 Å². The lowest BCUT2D eigenvalue weighted by Gasteiger charge is -2.59. The van der Waals surface area contributed by atoms with Crippen LogP contribution in [-0.2, 0) is 31.1 Å². The summed E-state index contributed by atoms with van der Waals surface area (Å²) in [4.78, 5) is 74.5. The van der Waals surface area contributed by atoms with Crippen molar-refractivity contribution in [3.05, 3.63) is 98.3 Å². The number of nitrogens with one attached hydrogen (secondary N) is 3. The van der Waals surface area contributed by atoms with Crippen LogP contribution < -0.4 is 16.0 Å². The molecule has 0 radical (unpaired) electrons. The topological polar surface area (TPSA) is 131 Å². The second kappa shape index (κ2) is 16.2. The number of nitrogens with zero attached hydrogens (tertiary/aromatic N) is 3. The number of anilines is 1. The maximum atomic E-state index is 16.6. The third-order valence-corrected chi connectivity index (χ3v) is 18.2. The molecular formula is C52H55Cl2FN6O5. The molecule has 5 heterocycles. The number of amides is 5. The highest BCUT2D eigenvalue weighted by molar-refractivity contribution is 6.31. The molecule has 5 aliphatic heterocycles. The number of rotatable bonds is 5. The molecule has 14 heteroatoms. The van der Waals surface area contributed by atoms with Gasteiger partial charge in [0.05, 0.1) is 11.1 Å². The minimum Gasteiger partial charge on any atom is -0.349 e. The number of carbonyl (C=O) groups is 5. The fourth-order valence-corrected chi connectivity index (χ4v) is 14.6. The molecule has 3 aromatic carbocycles. The van der Waals surface area contributed by atoms with E-state index in [4.69, 9.17) is 23.2 Å². The first-order valence-electron chi connectivity index (χ1n) is 23.9. The zero-order valence-electron chi connectivity index (χ0n) is 37.3. The summed E-state index contributed by atoms with van der Waals surface area (Å²) in [6.07, 6.45) is 12.0. The lowest BCUT2D eigenvalue weighted by Crippen LogP contribution is -2.66. The van der Waals surface area contributed by atoms with Gasteiger partial charge in [0.2, 0.25) is 23.6 Å². The van der Waals surface area contributed by atoms with Crippen molar-refractivity contribution in [2.24, 2.45) is 5.92 Å². The highest BCUT2D eigenvalue weighted by Crippen LogP contribution is 2.66. The van der Waals surface area contributed by atoms with Gasteiger partial charge >= 0.3 is 0 Å². The van der Waals surface area contributed by atoms with Crippen LogP contribution in [0.1, 0.15) is 135 Å². The number of likely N-dealkylation sites (tertiary alicyclic amines) is 2. The Kier molecular flexibility index (Phi) is 10.7. The summed E-state index contributed by atoms with van der Waals surface area (Å²) in [6, 6.07) is 14.5. The minimum absolute atomic E-state index is 0.0356. The van der Waals surface area contributed by atoms with Crippen LogP contribution in [0.3, 0.4) is 0 Å². The first-order valence-corrected chi connectivity index (χ1v) is 24.7. The van der Waals surface area contributed by atoms with Gasteiger partial charge in [-0.15, -0.1) is 0 Å². The zero-order chi connectivity index (χ0) is 45.8. The molecule has 3 aromatic rings. The number of piperidine rings is 2. The Morgan fingerprint density at radius 2 is 1.59 bits per heavy atom. The molecule has 0 aromatic heterocycles. The van der Waals surface area contributed by atoms with Crippen molar-refractivity contribution in [3.63, 3.8) is 0 Å². The van der Waals surface area contributed by atoms with Crippen LogP contribution in [0.15, 0.2) is 54.6 Å². The van der Waals surface area contributed by atoms with Crippen molar-refractivity contribution in [1.82, 2.24) is 25.3 Å². The number of fused-ring (bicyclic) bond motifs is 7. The highest BCUT2D eigenvalue weighted by Gasteiger charge is 2.75. The first-order chi connectivity index (χ1) is 31.8. The van der Waals surface area contributed by atoms with Crippen molar-refractivity contribution >= 4 is 58.4 Å². The van der Waals surface area contributed by atoms with Crippen LogP contribution >= 0.6 is 23.2 Å². The third kappa shape index (κ3) is 6.53. The quantitative estimate of drug-likeness (QED) is 0.178. The average molecular weight is 934 g/mol. The smallest absolute Gasteiger partial charge is 0.255 e. The predicted molar refractivity (Wildman–Crippen MR) is 248 cm³/mol. The van der Waals surface area contributed by atoms with E-state index in [-0.39, 0.29) is 52.1 Å².